The summed E-state index contributed by atoms with van der Waals surface area (Å²) < 4.78 is 1.63. The molecule has 0 aliphatic rings. The molecule has 0 saturated heterocycles. The van der Waals surface area contributed by atoms with Crippen molar-refractivity contribution in [1.29, 1.82) is 0 Å². The Kier molecular flexibility index (Phi) is 5.00. The third-order valence-electron chi connectivity index (χ3n) is 4.66. The molecule has 4 heteroatoms. The van der Waals surface area contributed by atoms with Gasteiger partial charge in [-0.3, -0.25) is 9.36 Å². The zero-order valence-corrected chi connectivity index (χ0v) is 15.8. The quantitative estimate of drug-likeness (QED) is 0.505. The lowest BCUT2D eigenvalue weighted by molar-refractivity contribution is 0.466. The molecule has 0 radical (unpaired) electrons. The number of rotatable bonds is 4. The summed E-state index contributed by atoms with van der Waals surface area (Å²) in [6.45, 7) is 0. The van der Waals surface area contributed by atoms with Gasteiger partial charge in [-0.05, 0) is 35.4 Å². The Morgan fingerprint density at radius 2 is 1.43 bits per heavy atom. The fourth-order valence-electron chi connectivity index (χ4n) is 3.27. The summed E-state index contributed by atoms with van der Waals surface area (Å²) in [4.78, 5) is 13.4. The van der Waals surface area contributed by atoms with Gasteiger partial charge in [0.25, 0.3) is 5.56 Å². The van der Waals surface area contributed by atoms with E-state index in [1.807, 2.05) is 60.7 Å². The van der Waals surface area contributed by atoms with Gasteiger partial charge in [0.1, 0.15) is 5.75 Å². The summed E-state index contributed by atoms with van der Waals surface area (Å²) in [6.07, 6.45) is 0.355. The summed E-state index contributed by atoms with van der Waals surface area (Å²) in [5.41, 5.74) is 3.25. The first kappa shape index (κ1) is 18.1. The predicted molar refractivity (Wildman–Crippen MR) is 113 cm³/mol. The molecular formula is C24H18ClNO2. The van der Waals surface area contributed by atoms with Crippen LogP contribution in [0.15, 0.2) is 95.8 Å². The molecule has 0 bridgehead atoms. The molecule has 0 aliphatic carbocycles. The van der Waals surface area contributed by atoms with Crippen molar-refractivity contribution in [1.82, 2.24) is 4.57 Å². The maximum absolute atomic E-state index is 13.4. The van der Waals surface area contributed by atoms with Gasteiger partial charge in [0.15, 0.2) is 0 Å². The van der Waals surface area contributed by atoms with E-state index in [2.05, 4.69) is 0 Å². The molecule has 28 heavy (non-hydrogen) atoms. The van der Waals surface area contributed by atoms with Gasteiger partial charge in [0, 0.05) is 23.2 Å². The smallest absolute Gasteiger partial charge is 0.262 e. The molecule has 4 aromatic rings. The van der Waals surface area contributed by atoms with E-state index in [-0.39, 0.29) is 11.3 Å². The molecule has 0 unspecified atom stereocenters. The molecule has 3 nitrogen and oxygen atoms in total. The Hall–Kier alpha value is -3.30. The van der Waals surface area contributed by atoms with Crippen LogP contribution < -0.4 is 5.56 Å². The van der Waals surface area contributed by atoms with Gasteiger partial charge in [0.05, 0.1) is 11.3 Å². The standard InChI is InChI=1S/C24H18ClNO2/c25-19-11-13-20(14-12-19)26-22(18-9-5-2-6-10-18)16-23(27)21(24(26)28)15-17-7-3-1-4-8-17/h1-14,16,27H,15H2. The number of halogens is 1. The van der Waals surface area contributed by atoms with Crippen LogP contribution in [0.1, 0.15) is 11.1 Å². The maximum atomic E-state index is 13.4. The van der Waals surface area contributed by atoms with Crippen LogP contribution in [0.2, 0.25) is 5.02 Å². The van der Waals surface area contributed by atoms with E-state index in [1.54, 1.807) is 34.9 Å². The van der Waals surface area contributed by atoms with Gasteiger partial charge < -0.3 is 5.11 Å². The van der Waals surface area contributed by atoms with Crippen molar-refractivity contribution >= 4 is 11.6 Å². The van der Waals surface area contributed by atoms with E-state index in [9.17, 15) is 9.90 Å². The number of pyridine rings is 1. The highest BCUT2D eigenvalue weighted by Gasteiger charge is 2.17. The minimum absolute atomic E-state index is 0.00193. The minimum Gasteiger partial charge on any atom is -0.507 e. The van der Waals surface area contributed by atoms with Crippen molar-refractivity contribution < 1.29 is 5.11 Å². The summed E-state index contributed by atoms with van der Waals surface area (Å²) in [5.74, 6) is -0.00193. The molecule has 1 aromatic heterocycles. The molecule has 0 fully saturated rings. The lowest BCUT2D eigenvalue weighted by atomic mass is 10.0. The Balaban J connectivity index is 1.95. The average Bonchev–Trinajstić information content (AvgIpc) is 2.73. The monoisotopic (exact) mass is 387 g/mol. The Bertz CT molecular complexity index is 1150. The topological polar surface area (TPSA) is 42.2 Å². The zero-order valence-electron chi connectivity index (χ0n) is 15.0. The summed E-state index contributed by atoms with van der Waals surface area (Å²) >= 11 is 6.03. The van der Waals surface area contributed by atoms with Crippen LogP contribution in [0.4, 0.5) is 0 Å². The first-order valence-corrected chi connectivity index (χ1v) is 9.34. The third kappa shape index (κ3) is 3.57. The zero-order chi connectivity index (χ0) is 19.5. The lowest BCUT2D eigenvalue weighted by Crippen LogP contribution is -2.24. The van der Waals surface area contributed by atoms with E-state index in [0.29, 0.717) is 28.4 Å². The van der Waals surface area contributed by atoms with Crippen LogP contribution in [-0.4, -0.2) is 9.67 Å². The molecule has 1 N–H and O–H groups in total. The SMILES string of the molecule is O=c1c(Cc2ccccc2)c(O)cc(-c2ccccc2)n1-c1ccc(Cl)cc1. The molecule has 0 saturated carbocycles. The second-order valence-electron chi connectivity index (χ2n) is 6.54. The van der Waals surface area contributed by atoms with Crippen LogP contribution in [-0.2, 0) is 6.42 Å². The Labute approximate surface area is 168 Å². The van der Waals surface area contributed by atoms with Gasteiger partial charge >= 0.3 is 0 Å². The van der Waals surface area contributed by atoms with Crippen molar-refractivity contribution in [2.24, 2.45) is 0 Å². The van der Waals surface area contributed by atoms with Crippen LogP contribution in [0.3, 0.4) is 0 Å². The van der Waals surface area contributed by atoms with Crippen molar-refractivity contribution in [3.05, 3.63) is 117 Å². The number of aromatic nitrogens is 1. The van der Waals surface area contributed by atoms with Gasteiger partial charge in [-0.1, -0.05) is 72.3 Å². The average molecular weight is 388 g/mol. The van der Waals surface area contributed by atoms with Gasteiger partial charge in [-0.25, -0.2) is 0 Å². The lowest BCUT2D eigenvalue weighted by Gasteiger charge is -2.17. The molecule has 0 amide bonds. The second kappa shape index (κ2) is 7.75. The summed E-state index contributed by atoms with van der Waals surface area (Å²) in [7, 11) is 0. The molecule has 4 rings (SSSR count). The second-order valence-corrected chi connectivity index (χ2v) is 6.98. The molecule has 1 heterocycles. The van der Waals surface area contributed by atoms with Gasteiger partial charge in [-0.15, -0.1) is 0 Å². The molecule has 3 aromatic carbocycles. The number of hydrogen-bond acceptors (Lipinski definition) is 2. The predicted octanol–water partition coefficient (Wildman–Crippen LogP) is 5.45. The molecule has 0 spiro atoms. The third-order valence-corrected chi connectivity index (χ3v) is 4.91. The van der Waals surface area contributed by atoms with Crippen LogP contribution in [0, 0.1) is 0 Å². The fourth-order valence-corrected chi connectivity index (χ4v) is 3.40. The highest BCUT2D eigenvalue weighted by molar-refractivity contribution is 6.30. The maximum Gasteiger partial charge on any atom is 0.262 e. The Morgan fingerprint density at radius 3 is 2.07 bits per heavy atom. The van der Waals surface area contributed by atoms with Crippen molar-refractivity contribution in [3.63, 3.8) is 0 Å². The number of aromatic hydroxyl groups is 1. The van der Waals surface area contributed by atoms with Crippen LogP contribution in [0.25, 0.3) is 16.9 Å². The van der Waals surface area contributed by atoms with Crippen molar-refractivity contribution in [3.8, 4) is 22.7 Å². The van der Waals surface area contributed by atoms with E-state index in [0.717, 1.165) is 11.1 Å². The van der Waals surface area contributed by atoms with Crippen LogP contribution in [0.5, 0.6) is 5.75 Å². The van der Waals surface area contributed by atoms with E-state index < -0.39 is 0 Å². The molecule has 0 aliphatic heterocycles. The first-order valence-electron chi connectivity index (χ1n) is 8.96. The highest BCUT2D eigenvalue weighted by Crippen LogP contribution is 2.28. The van der Waals surface area contributed by atoms with Crippen molar-refractivity contribution in [2.45, 2.75) is 6.42 Å². The highest BCUT2D eigenvalue weighted by atomic mass is 35.5. The number of hydrogen-bond donors (Lipinski definition) is 1. The molecule has 138 valence electrons. The minimum atomic E-state index is -0.245. The van der Waals surface area contributed by atoms with Crippen LogP contribution >= 0.6 is 11.6 Å². The largest absolute Gasteiger partial charge is 0.507 e. The number of benzene rings is 3. The first-order chi connectivity index (χ1) is 13.6. The normalized spacial score (nSPS) is 10.8. The van der Waals surface area contributed by atoms with Gasteiger partial charge in [-0.2, -0.15) is 0 Å². The van der Waals surface area contributed by atoms with Crippen molar-refractivity contribution in [2.75, 3.05) is 0 Å². The van der Waals surface area contributed by atoms with E-state index in [4.69, 9.17) is 11.6 Å². The fraction of sp³-hybridized carbons (Fsp3) is 0.0417. The van der Waals surface area contributed by atoms with E-state index >= 15 is 0 Å². The summed E-state index contributed by atoms with van der Waals surface area (Å²) in [5, 5.41) is 11.3. The van der Waals surface area contributed by atoms with E-state index in [1.165, 1.54) is 0 Å². The van der Waals surface area contributed by atoms with Gasteiger partial charge in [0.2, 0.25) is 0 Å². The number of nitrogens with zero attached hydrogens (tertiary/aromatic N) is 1. The Morgan fingerprint density at radius 1 is 0.821 bits per heavy atom. The molecule has 0 atom stereocenters. The molecular weight excluding hydrogens is 370 g/mol. The summed E-state index contributed by atoms with van der Waals surface area (Å²) in [6, 6.07) is 28.0.